The number of hydrogen-bond acceptors (Lipinski definition) is 3. The third-order valence-corrected chi connectivity index (χ3v) is 5.32. The molecule has 0 saturated heterocycles. The highest BCUT2D eigenvalue weighted by molar-refractivity contribution is 5.69. The Morgan fingerprint density at radius 2 is 1.78 bits per heavy atom. The van der Waals surface area contributed by atoms with Crippen LogP contribution in [0.3, 0.4) is 0 Å². The maximum Gasteiger partial charge on any atom is 0.306 e. The van der Waals surface area contributed by atoms with E-state index in [1.807, 2.05) is 0 Å². The van der Waals surface area contributed by atoms with Crippen molar-refractivity contribution in [3.05, 3.63) is 0 Å². The van der Waals surface area contributed by atoms with Crippen molar-refractivity contribution in [2.24, 2.45) is 29.6 Å². The van der Waals surface area contributed by atoms with Gasteiger partial charge in [-0.1, -0.05) is 6.92 Å². The molecule has 0 aromatic carbocycles. The Bertz CT molecular complexity index is 356. The third-order valence-electron chi connectivity index (χ3n) is 5.32. The van der Waals surface area contributed by atoms with E-state index in [0.29, 0.717) is 24.2 Å². The van der Waals surface area contributed by atoms with Gasteiger partial charge in [0, 0.05) is 12.3 Å². The maximum absolute atomic E-state index is 11.4. The normalized spacial score (nSPS) is 42.3. The van der Waals surface area contributed by atoms with Crippen LogP contribution in [0.15, 0.2) is 0 Å². The Hall–Kier alpha value is -1.04. The lowest BCUT2D eigenvalue weighted by Crippen LogP contribution is -2.49. The van der Waals surface area contributed by atoms with Crippen LogP contribution >= 0.6 is 0 Å². The van der Waals surface area contributed by atoms with E-state index in [2.05, 4.69) is 6.07 Å². The lowest BCUT2D eigenvalue weighted by atomic mass is 9.51. The molecule has 4 bridgehead atoms. The zero-order chi connectivity index (χ0) is 12.7. The molecule has 4 saturated carbocycles. The second-order valence-electron chi connectivity index (χ2n) is 6.40. The van der Waals surface area contributed by atoms with Gasteiger partial charge >= 0.3 is 5.97 Å². The number of ether oxygens (including phenoxy) is 1. The fraction of sp³-hybridized carbons (Fsp3) is 0.867. The monoisotopic (exact) mass is 247 g/mol. The van der Waals surface area contributed by atoms with E-state index in [1.165, 1.54) is 32.1 Å². The average molecular weight is 247 g/mol. The first-order valence-corrected chi connectivity index (χ1v) is 7.30. The Balaban J connectivity index is 1.75. The van der Waals surface area contributed by atoms with Crippen LogP contribution in [0, 0.1) is 40.9 Å². The van der Waals surface area contributed by atoms with Gasteiger partial charge in [0.05, 0.1) is 0 Å². The number of carbonyl (C=O) groups excluding carboxylic acids is 1. The zero-order valence-corrected chi connectivity index (χ0v) is 11.0. The summed E-state index contributed by atoms with van der Waals surface area (Å²) >= 11 is 0. The highest BCUT2D eigenvalue weighted by Gasteiger charge is 2.51. The maximum atomic E-state index is 11.4. The van der Waals surface area contributed by atoms with Crippen molar-refractivity contribution in [1.29, 1.82) is 5.26 Å². The summed E-state index contributed by atoms with van der Waals surface area (Å²) in [4.78, 5) is 11.4. The SMILES string of the molecule is CCC(=O)OC(C#N)C1C2CC3CC(C2)CC1C3. The summed E-state index contributed by atoms with van der Waals surface area (Å²) in [7, 11) is 0. The molecule has 4 aliphatic rings. The highest BCUT2D eigenvalue weighted by Crippen LogP contribution is 2.57. The Morgan fingerprint density at radius 3 is 2.22 bits per heavy atom. The van der Waals surface area contributed by atoms with Gasteiger partial charge in [0.1, 0.15) is 6.07 Å². The van der Waals surface area contributed by atoms with Crippen LogP contribution in [0.25, 0.3) is 0 Å². The summed E-state index contributed by atoms with van der Waals surface area (Å²) in [6.45, 7) is 1.79. The summed E-state index contributed by atoms with van der Waals surface area (Å²) in [5.41, 5.74) is 0. The molecule has 4 fully saturated rings. The molecule has 0 N–H and O–H groups in total. The highest BCUT2D eigenvalue weighted by atomic mass is 16.5. The minimum atomic E-state index is -0.493. The predicted molar refractivity (Wildman–Crippen MR) is 66.3 cm³/mol. The van der Waals surface area contributed by atoms with Crippen LogP contribution in [0.2, 0.25) is 0 Å². The number of hydrogen-bond donors (Lipinski definition) is 0. The summed E-state index contributed by atoms with van der Waals surface area (Å²) < 4.78 is 5.37. The molecule has 1 unspecified atom stereocenters. The first kappa shape index (κ1) is 12.0. The van der Waals surface area contributed by atoms with E-state index in [0.717, 1.165) is 11.8 Å². The first-order valence-electron chi connectivity index (χ1n) is 7.30. The molecule has 1 atom stereocenters. The van der Waals surface area contributed by atoms with Gasteiger partial charge in [-0.2, -0.15) is 5.26 Å². The molecule has 3 heteroatoms. The van der Waals surface area contributed by atoms with Crippen molar-refractivity contribution in [3.63, 3.8) is 0 Å². The van der Waals surface area contributed by atoms with E-state index in [-0.39, 0.29) is 5.97 Å². The van der Waals surface area contributed by atoms with Gasteiger partial charge < -0.3 is 4.74 Å². The minimum Gasteiger partial charge on any atom is -0.447 e. The van der Waals surface area contributed by atoms with E-state index in [9.17, 15) is 10.1 Å². The largest absolute Gasteiger partial charge is 0.447 e. The van der Waals surface area contributed by atoms with Gasteiger partial charge in [0.2, 0.25) is 0 Å². The van der Waals surface area contributed by atoms with Crippen LogP contribution in [0.1, 0.15) is 45.4 Å². The smallest absolute Gasteiger partial charge is 0.306 e. The number of rotatable bonds is 3. The molecule has 4 aliphatic carbocycles. The van der Waals surface area contributed by atoms with E-state index in [1.54, 1.807) is 6.92 Å². The lowest BCUT2D eigenvalue weighted by Gasteiger charge is -2.55. The topological polar surface area (TPSA) is 50.1 Å². The second kappa shape index (κ2) is 4.57. The van der Waals surface area contributed by atoms with Gasteiger partial charge in [-0.3, -0.25) is 4.79 Å². The number of esters is 1. The predicted octanol–water partition coefficient (Wildman–Crippen LogP) is 2.90. The number of nitrogens with zero attached hydrogens (tertiary/aromatic N) is 1. The fourth-order valence-electron chi connectivity index (χ4n) is 4.88. The van der Waals surface area contributed by atoms with Crippen molar-refractivity contribution >= 4 is 5.97 Å². The van der Waals surface area contributed by atoms with Gasteiger partial charge in [-0.25, -0.2) is 0 Å². The van der Waals surface area contributed by atoms with E-state index >= 15 is 0 Å². The second-order valence-corrected chi connectivity index (χ2v) is 6.40. The molecular formula is C15H21NO2. The Labute approximate surface area is 108 Å². The van der Waals surface area contributed by atoms with E-state index in [4.69, 9.17) is 4.74 Å². The molecule has 0 aromatic heterocycles. The summed E-state index contributed by atoms with van der Waals surface area (Å²) in [5.74, 6) is 3.15. The molecule has 4 rings (SSSR count). The lowest BCUT2D eigenvalue weighted by molar-refractivity contribution is -0.156. The van der Waals surface area contributed by atoms with Crippen LogP contribution in [-0.4, -0.2) is 12.1 Å². The average Bonchev–Trinajstić information content (AvgIpc) is 2.35. The summed E-state index contributed by atoms with van der Waals surface area (Å²) in [6, 6.07) is 2.25. The molecule has 18 heavy (non-hydrogen) atoms. The van der Waals surface area contributed by atoms with Crippen LogP contribution in [0.5, 0.6) is 0 Å². The van der Waals surface area contributed by atoms with Gasteiger partial charge in [0.15, 0.2) is 6.10 Å². The molecule has 0 radical (unpaired) electrons. The van der Waals surface area contributed by atoms with Crippen molar-refractivity contribution in [3.8, 4) is 6.07 Å². The zero-order valence-electron chi connectivity index (χ0n) is 11.0. The molecule has 0 spiro atoms. The van der Waals surface area contributed by atoms with Gasteiger partial charge in [0.25, 0.3) is 0 Å². The summed E-state index contributed by atoms with van der Waals surface area (Å²) in [5, 5.41) is 9.33. The quantitative estimate of drug-likeness (QED) is 0.720. The number of carbonyl (C=O) groups is 1. The van der Waals surface area contributed by atoms with Crippen LogP contribution in [0.4, 0.5) is 0 Å². The molecular weight excluding hydrogens is 226 g/mol. The third kappa shape index (κ3) is 1.92. The van der Waals surface area contributed by atoms with Crippen LogP contribution < -0.4 is 0 Å². The minimum absolute atomic E-state index is 0.227. The number of nitriles is 1. The van der Waals surface area contributed by atoms with Gasteiger partial charge in [-0.15, -0.1) is 0 Å². The first-order chi connectivity index (χ1) is 8.71. The molecule has 0 aliphatic heterocycles. The molecule has 3 nitrogen and oxygen atoms in total. The van der Waals surface area contributed by atoms with Gasteiger partial charge in [-0.05, 0) is 55.8 Å². The summed E-state index contributed by atoms with van der Waals surface area (Å²) in [6.07, 6.45) is 6.34. The Kier molecular flexibility index (Phi) is 3.05. The van der Waals surface area contributed by atoms with Crippen molar-refractivity contribution < 1.29 is 9.53 Å². The van der Waals surface area contributed by atoms with Crippen LogP contribution in [-0.2, 0) is 9.53 Å². The van der Waals surface area contributed by atoms with Crippen molar-refractivity contribution in [1.82, 2.24) is 0 Å². The molecule has 0 heterocycles. The van der Waals surface area contributed by atoms with Crippen molar-refractivity contribution in [2.75, 3.05) is 0 Å². The fourth-order valence-corrected chi connectivity index (χ4v) is 4.88. The standard InChI is InChI=1S/C15H21NO2/c1-2-14(17)18-13(8-16)15-11-4-9-3-10(6-11)7-12(15)5-9/h9-13,15H,2-7H2,1H3. The molecule has 0 aromatic rings. The van der Waals surface area contributed by atoms with E-state index < -0.39 is 6.10 Å². The molecule has 0 amide bonds. The van der Waals surface area contributed by atoms with Crippen molar-refractivity contribution in [2.45, 2.75) is 51.6 Å². The molecule has 98 valence electrons. The Morgan fingerprint density at radius 1 is 1.22 bits per heavy atom.